The van der Waals surface area contributed by atoms with Gasteiger partial charge in [0.1, 0.15) is 0 Å². The maximum absolute atomic E-state index is 3.65. The van der Waals surface area contributed by atoms with Crippen LogP contribution in [-0.2, 0) is 52.3 Å². The van der Waals surface area contributed by atoms with E-state index in [0.29, 0.717) is 5.92 Å². The van der Waals surface area contributed by atoms with Crippen molar-refractivity contribution in [1.29, 1.82) is 0 Å². The van der Waals surface area contributed by atoms with Crippen LogP contribution in [0.5, 0.6) is 0 Å². The summed E-state index contributed by atoms with van der Waals surface area (Å²) in [5, 5.41) is 0. The Labute approximate surface area is 404 Å². The van der Waals surface area contributed by atoms with Gasteiger partial charge in [-0.05, 0) is 69.2 Å². The van der Waals surface area contributed by atoms with Gasteiger partial charge in [-0.25, -0.2) is 11.1 Å². The van der Waals surface area contributed by atoms with Gasteiger partial charge in [-0.1, -0.05) is 150 Å². The van der Waals surface area contributed by atoms with Crippen LogP contribution in [0.1, 0.15) is 147 Å². The maximum atomic E-state index is 3.65. The number of allylic oxidation sites excluding steroid dienone is 8. The van der Waals surface area contributed by atoms with Crippen LogP contribution in [0.2, 0.25) is 0 Å². The molecule has 5 aromatic carbocycles. The number of hydrogen-bond donors (Lipinski definition) is 0. The molecule has 4 aliphatic carbocycles. The zero-order chi connectivity index (χ0) is 44.2. The molecule has 4 aliphatic rings. The molecular formula is C59H68Cl2Zr-4. The van der Waals surface area contributed by atoms with Gasteiger partial charge in [0.15, 0.2) is 0 Å². The second-order valence-corrected chi connectivity index (χ2v) is 19.8. The van der Waals surface area contributed by atoms with E-state index in [1.165, 1.54) is 108 Å². The molecule has 3 heteroatoms. The van der Waals surface area contributed by atoms with Gasteiger partial charge in [-0.15, -0.1) is 42.0 Å². The molecule has 0 bridgehead atoms. The van der Waals surface area contributed by atoms with E-state index in [0.717, 1.165) is 6.42 Å². The summed E-state index contributed by atoms with van der Waals surface area (Å²) in [7, 11) is 0. The molecule has 326 valence electrons. The molecular weight excluding hydrogens is 871 g/mol. The average molecular weight is 939 g/mol. The molecule has 0 N–H and O–H groups in total. The fourth-order valence-electron chi connectivity index (χ4n) is 8.82. The summed E-state index contributed by atoms with van der Waals surface area (Å²) >= 11 is 1.30. The Balaban J connectivity index is 0.000000235. The van der Waals surface area contributed by atoms with E-state index >= 15 is 0 Å². The molecule has 0 saturated heterocycles. The van der Waals surface area contributed by atoms with Crippen LogP contribution < -0.4 is 0 Å². The summed E-state index contributed by atoms with van der Waals surface area (Å²) in [4.78, 5) is 0. The Morgan fingerprint density at radius 3 is 1.52 bits per heavy atom. The third-order valence-corrected chi connectivity index (χ3v) is 11.9. The third-order valence-electron chi connectivity index (χ3n) is 11.9. The van der Waals surface area contributed by atoms with E-state index < -0.39 is 0 Å². The number of hydrogen-bond acceptors (Lipinski definition) is 0. The molecule has 0 nitrogen and oxygen atoms in total. The van der Waals surface area contributed by atoms with Crippen LogP contribution in [0.4, 0.5) is 0 Å². The Morgan fingerprint density at radius 1 is 0.613 bits per heavy atom. The first kappa shape index (κ1) is 52.7. The van der Waals surface area contributed by atoms with Gasteiger partial charge in [-0.2, -0.15) is 89.0 Å². The molecule has 0 fully saturated rings. The van der Waals surface area contributed by atoms with Crippen molar-refractivity contribution < 1.29 is 24.2 Å². The Kier molecular flexibility index (Phi) is 18.2. The van der Waals surface area contributed by atoms with Crippen molar-refractivity contribution in [2.24, 2.45) is 5.92 Å². The Bertz CT molecular complexity index is 2280. The summed E-state index contributed by atoms with van der Waals surface area (Å²) in [6, 6.07) is 42.6. The van der Waals surface area contributed by atoms with Crippen LogP contribution in [0.15, 0.2) is 121 Å². The summed E-state index contributed by atoms with van der Waals surface area (Å²) in [6.45, 7) is 31.2. The summed E-state index contributed by atoms with van der Waals surface area (Å²) in [5.74, 6) is 0.468. The van der Waals surface area contributed by atoms with Crippen molar-refractivity contribution in [2.45, 2.75) is 125 Å². The molecule has 9 rings (SSSR count). The fourth-order valence-corrected chi connectivity index (χ4v) is 8.82. The van der Waals surface area contributed by atoms with Gasteiger partial charge < -0.3 is 0 Å². The minimum atomic E-state index is 0. The van der Waals surface area contributed by atoms with E-state index in [9.17, 15) is 0 Å². The molecule has 0 spiro atoms. The van der Waals surface area contributed by atoms with Gasteiger partial charge in [0.25, 0.3) is 0 Å². The van der Waals surface area contributed by atoms with Crippen molar-refractivity contribution in [3.8, 4) is 11.1 Å². The van der Waals surface area contributed by atoms with Gasteiger partial charge >= 0.3 is 28.4 Å². The zero-order valence-corrected chi connectivity index (χ0v) is 43.9. The van der Waals surface area contributed by atoms with Crippen molar-refractivity contribution in [3.63, 3.8) is 0 Å². The van der Waals surface area contributed by atoms with Crippen LogP contribution in [0, 0.1) is 30.2 Å². The van der Waals surface area contributed by atoms with E-state index in [-0.39, 0.29) is 46.5 Å². The van der Waals surface area contributed by atoms with Crippen molar-refractivity contribution in [1.82, 2.24) is 0 Å². The number of fused-ring (bicyclic) bond motifs is 5. The Hall–Kier alpha value is -3.61. The standard InChI is InChI=1S/C25H25.C13H13.2C10H13.CH2.2ClH.Zr/c1-14-12-24(3,4)22-8-16-7-17-9-23-19(15(2)13-25(23,5)6)11-21(17)20(16)10-18(14)22;1-10-8-11(2)13(9-10)12-6-4-3-5-7-12;2*1-10(2,3)9-7-5-4-6-8-9;;;;/h8-12H,7H2,1-6H3;3-7,9-10H,1-2H3;2*5-8H,1-3H3;1H2;2*1H;/q4*-1;;;;. The SMILES string of the molecule is CC(C)(C)c1cc[c-]cc1.CC(C)(C)c1cc[c-]cc1.CC1=[C-]C(C)(C)c2cc3c(cc21)-c1cc2c(cc1C3)C(C)(C)C=C2C.CC1=[C-]C(C)C=C1c1ccccc1.Cl.Cl.[CH2]=[Zr]. The van der Waals surface area contributed by atoms with Crippen LogP contribution in [0.25, 0.3) is 27.8 Å². The molecule has 0 radical (unpaired) electrons. The Morgan fingerprint density at radius 2 is 1.08 bits per heavy atom. The third kappa shape index (κ3) is 12.3. The van der Waals surface area contributed by atoms with E-state index in [4.69, 9.17) is 0 Å². The molecule has 1 unspecified atom stereocenters. The molecule has 1 atom stereocenters. The van der Waals surface area contributed by atoms with Crippen molar-refractivity contribution in [3.05, 3.63) is 195 Å². The van der Waals surface area contributed by atoms with E-state index in [1.54, 1.807) is 0 Å². The minimum absolute atomic E-state index is 0. The first-order valence-electron chi connectivity index (χ1n) is 21.5. The fraction of sp³-hybridized carbons (Fsp3) is 0.339. The molecule has 0 aliphatic heterocycles. The predicted molar refractivity (Wildman–Crippen MR) is 272 cm³/mol. The predicted octanol–water partition coefficient (Wildman–Crippen LogP) is 16.3. The van der Waals surface area contributed by atoms with Crippen LogP contribution >= 0.6 is 24.8 Å². The number of benzene rings is 5. The molecule has 0 amide bonds. The monoisotopic (exact) mass is 936 g/mol. The first-order valence-corrected chi connectivity index (χ1v) is 23.2. The number of halogens is 2. The first-order chi connectivity index (χ1) is 28.2. The second kappa shape index (κ2) is 21.4. The van der Waals surface area contributed by atoms with Gasteiger partial charge in [0.2, 0.25) is 0 Å². The second-order valence-electron chi connectivity index (χ2n) is 19.8. The van der Waals surface area contributed by atoms with Gasteiger partial charge in [0.05, 0.1) is 0 Å². The molecule has 0 heterocycles. The summed E-state index contributed by atoms with van der Waals surface area (Å²) in [6.07, 6.45) is 12.8. The van der Waals surface area contributed by atoms with Gasteiger partial charge in [0, 0.05) is 5.41 Å². The van der Waals surface area contributed by atoms with Crippen molar-refractivity contribution >= 4 is 45.7 Å². The molecule has 0 saturated carbocycles. The van der Waals surface area contributed by atoms with Crippen LogP contribution in [0.3, 0.4) is 0 Å². The summed E-state index contributed by atoms with van der Waals surface area (Å²) in [5.41, 5.74) is 21.7. The molecule has 62 heavy (non-hydrogen) atoms. The quantitative estimate of drug-likeness (QED) is 0.144. The van der Waals surface area contributed by atoms with E-state index in [1.807, 2.05) is 30.3 Å². The van der Waals surface area contributed by atoms with Crippen molar-refractivity contribution in [2.75, 3.05) is 0 Å². The topological polar surface area (TPSA) is 0 Å². The number of rotatable bonds is 1. The average Bonchev–Trinajstić information content (AvgIpc) is 3.88. The normalized spacial score (nSPS) is 16.5. The van der Waals surface area contributed by atoms with E-state index in [2.05, 4.69) is 210 Å². The molecule has 5 aromatic rings. The van der Waals surface area contributed by atoms with Crippen LogP contribution in [-0.4, -0.2) is 4.21 Å². The summed E-state index contributed by atoms with van der Waals surface area (Å²) < 4.78 is 3.34. The molecule has 0 aromatic heterocycles. The zero-order valence-electron chi connectivity index (χ0n) is 39.8. The van der Waals surface area contributed by atoms with Gasteiger partial charge in [-0.3, -0.25) is 12.2 Å².